The molecule has 0 bridgehead atoms. The first kappa shape index (κ1) is 14.1. The van der Waals surface area contributed by atoms with E-state index in [1.807, 2.05) is 5.32 Å². The van der Waals surface area contributed by atoms with Crippen molar-refractivity contribution in [3.05, 3.63) is 11.6 Å². The van der Waals surface area contributed by atoms with Crippen molar-refractivity contribution in [1.82, 2.24) is 5.32 Å². The number of aliphatic hydroxyl groups is 5. The van der Waals surface area contributed by atoms with E-state index in [1.165, 1.54) is 0 Å². The third-order valence-electron chi connectivity index (χ3n) is 3.11. The zero-order valence-corrected chi connectivity index (χ0v) is 9.55. The summed E-state index contributed by atoms with van der Waals surface area (Å²) in [7, 11) is 0. The summed E-state index contributed by atoms with van der Waals surface area (Å²) in [5.74, 6) is -4.50. The third-order valence-corrected chi connectivity index (χ3v) is 3.11. The van der Waals surface area contributed by atoms with Crippen molar-refractivity contribution in [2.45, 2.75) is 30.2 Å². The van der Waals surface area contributed by atoms with Crippen LogP contribution in [0.4, 0.5) is 0 Å². The summed E-state index contributed by atoms with van der Waals surface area (Å²) in [6, 6.07) is 0. The molecular formula is C10H13NO8. The Morgan fingerprint density at radius 2 is 1.89 bits per heavy atom. The van der Waals surface area contributed by atoms with Gasteiger partial charge in [0.25, 0.3) is 11.8 Å². The molecule has 6 N–H and O–H groups in total. The van der Waals surface area contributed by atoms with Crippen LogP contribution in [0.5, 0.6) is 0 Å². The minimum Gasteiger partial charge on any atom is -0.394 e. The highest BCUT2D eigenvalue weighted by Gasteiger charge is 2.57. The monoisotopic (exact) mass is 275 g/mol. The van der Waals surface area contributed by atoms with Crippen LogP contribution in [-0.4, -0.2) is 74.2 Å². The maximum Gasteiger partial charge on any atom is 0.259 e. The first-order valence-electron chi connectivity index (χ1n) is 5.44. The number of imide groups is 1. The molecule has 19 heavy (non-hydrogen) atoms. The minimum atomic E-state index is -2.69. The smallest absolute Gasteiger partial charge is 0.259 e. The van der Waals surface area contributed by atoms with Crippen LogP contribution in [0.3, 0.4) is 0 Å². The molecule has 0 aliphatic carbocycles. The minimum absolute atomic E-state index is 0.602. The molecule has 5 atom stereocenters. The molecule has 9 heteroatoms. The molecule has 2 amide bonds. The molecule has 0 aromatic rings. The van der Waals surface area contributed by atoms with E-state index in [1.54, 1.807) is 0 Å². The molecule has 1 saturated heterocycles. The number of nitrogens with one attached hydrogen (secondary N) is 1. The van der Waals surface area contributed by atoms with Crippen molar-refractivity contribution in [1.29, 1.82) is 0 Å². The molecule has 0 spiro atoms. The average Bonchev–Trinajstić information content (AvgIpc) is 2.71. The lowest BCUT2D eigenvalue weighted by Crippen LogP contribution is -2.66. The van der Waals surface area contributed by atoms with Crippen LogP contribution in [0.2, 0.25) is 0 Å². The van der Waals surface area contributed by atoms with E-state index in [4.69, 9.17) is 9.84 Å². The summed E-state index contributed by atoms with van der Waals surface area (Å²) in [5, 5.41) is 49.9. The Morgan fingerprint density at radius 1 is 1.26 bits per heavy atom. The van der Waals surface area contributed by atoms with E-state index in [9.17, 15) is 30.0 Å². The van der Waals surface area contributed by atoms with Crippen molar-refractivity contribution < 1.29 is 39.9 Å². The van der Waals surface area contributed by atoms with Crippen LogP contribution in [0.1, 0.15) is 0 Å². The highest BCUT2D eigenvalue weighted by molar-refractivity contribution is 6.17. The predicted molar refractivity (Wildman–Crippen MR) is 56.2 cm³/mol. The second-order valence-corrected chi connectivity index (χ2v) is 4.34. The maximum absolute atomic E-state index is 11.5. The predicted octanol–water partition coefficient (Wildman–Crippen LogP) is -4.27. The Hall–Kier alpha value is -1.36. The SMILES string of the molecule is O=C1C=C([C@@]2(O)O[C@H](CO)[C@H](O)[C@H](O)[C@H]2O)C(=O)N1. The molecule has 2 heterocycles. The van der Waals surface area contributed by atoms with Gasteiger partial charge in [0.05, 0.1) is 12.2 Å². The normalized spacial score (nSPS) is 43.1. The Kier molecular flexibility index (Phi) is 3.43. The lowest BCUT2D eigenvalue weighted by Gasteiger charge is -2.45. The Balaban J connectivity index is 2.38. The van der Waals surface area contributed by atoms with Gasteiger partial charge in [-0.1, -0.05) is 0 Å². The summed E-state index contributed by atoms with van der Waals surface area (Å²) < 4.78 is 4.88. The quantitative estimate of drug-likeness (QED) is 0.276. The van der Waals surface area contributed by atoms with E-state index in [2.05, 4.69) is 0 Å². The van der Waals surface area contributed by atoms with Crippen LogP contribution >= 0.6 is 0 Å². The number of amides is 2. The van der Waals surface area contributed by atoms with Gasteiger partial charge in [0.1, 0.15) is 24.4 Å². The number of aliphatic hydroxyl groups excluding tert-OH is 4. The molecule has 0 saturated carbocycles. The highest BCUT2D eigenvalue weighted by atomic mass is 16.7. The summed E-state index contributed by atoms with van der Waals surface area (Å²) in [6.45, 7) is -0.768. The van der Waals surface area contributed by atoms with E-state index in [-0.39, 0.29) is 0 Å². The number of carbonyl (C=O) groups excluding carboxylic acids is 2. The summed E-state index contributed by atoms with van der Waals surface area (Å²) in [5.41, 5.74) is -0.602. The first-order chi connectivity index (χ1) is 8.81. The third kappa shape index (κ3) is 2.06. The second kappa shape index (κ2) is 4.63. The van der Waals surface area contributed by atoms with Crippen LogP contribution in [-0.2, 0) is 14.3 Å². The lowest BCUT2D eigenvalue weighted by molar-refractivity contribution is -0.330. The van der Waals surface area contributed by atoms with Crippen LogP contribution < -0.4 is 5.32 Å². The molecule has 0 unspecified atom stereocenters. The first-order valence-corrected chi connectivity index (χ1v) is 5.44. The zero-order valence-electron chi connectivity index (χ0n) is 9.55. The highest BCUT2D eigenvalue weighted by Crippen LogP contribution is 2.34. The standard InChI is InChI=1S/C10H13NO8/c12-2-4-6(14)7(15)8(16)10(18,19-4)3-1-5(13)11-9(3)17/h1,4,6-8,12,14-16,18H,2H2,(H,11,13,17)/t4-,6+,7+,8-,10-/m1/s1. The molecule has 0 radical (unpaired) electrons. The van der Waals surface area contributed by atoms with Gasteiger partial charge in [-0.25, -0.2) is 0 Å². The van der Waals surface area contributed by atoms with Crippen LogP contribution in [0, 0.1) is 0 Å². The van der Waals surface area contributed by atoms with Crippen LogP contribution in [0.15, 0.2) is 11.6 Å². The van der Waals surface area contributed by atoms with Crippen LogP contribution in [0.25, 0.3) is 0 Å². The fraction of sp³-hybridized carbons (Fsp3) is 0.600. The van der Waals surface area contributed by atoms with Gasteiger partial charge in [0.15, 0.2) is 0 Å². The van der Waals surface area contributed by atoms with Crippen molar-refractivity contribution >= 4 is 11.8 Å². The van der Waals surface area contributed by atoms with E-state index in [0.29, 0.717) is 6.08 Å². The van der Waals surface area contributed by atoms with Gasteiger partial charge in [-0.15, -0.1) is 0 Å². The van der Waals surface area contributed by atoms with Gasteiger partial charge >= 0.3 is 0 Å². The van der Waals surface area contributed by atoms with Crippen molar-refractivity contribution in [2.75, 3.05) is 6.61 Å². The van der Waals surface area contributed by atoms with Crippen molar-refractivity contribution in [3.8, 4) is 0 Å². The largest absolute Gasteiger partial charge is 0.394 e. The fourth-order valence-electron chi connectivity index (χ4n) is 2.05. The number of rotatable bonds is 2. The molecule has 2 aliphatic heterocycles. The number of ether oxygens (including phenoxy) is 1. The lowest BCUT2D eigenvalue weighted by atomic mass is 9.88. The Bertz CT molecular complexity index is 447. The van der Waals surface area contributed by atoms with Gasteiger partial charge in [0, 0.05) is 6.08 Å². The van der Waals surface area contributed by atoms with Crippen molar-refractivity contribution in [3.63, 3.8) is 0 Å². The number of carbonyl (C=O) groups is 2. The van der Waals surface area contributed by atoms with Crippen molar-refractivity contribution in [2.24, 2.45) is 0 Å². The molecule has 1 fully saturated rings. The Morgan fingerprint density at radius 3 is 2.37 bits per heavy atom. The number of hydrogen-bond acceptors (Lipinski definition) is 8. The van der Waals surface area contributed by atoms with Gasteiger partial charge in [-0.3, -0.25) is 14.9 Å². The van der Waals surface area contributed by atoms with Gasteiger partial charge in [0.2, 0.25) is 5.79 Å². The van der Waals surface area contributed by atoms with E-state index in [0.717, 1.165) is 0 Å². The van der Waals surface area contributed by atoms with E-state index < -0.39 is 54.2 Å². The summed E-state index contributed by atoms with van der Waals surface area (Å²) in [6.07, 6.45) is -6.29. The summed E-state index contributed by atoms with van der Waals surface area (Å²) >= 11 is 0. The molecule has 2 aliphatic rings. The molecule has 2 rings (SSSR count). The Labute approximate surface area is 106 Å². The molecular weight excluding hydrogens is 262 g/mol. The number of hydrogen-bond donors (Lipinski definition) is 6. The van der Waals surface area contributed by atoms with Gasteiger partial charge < -0.3 is 30.3 Å². The molecule has 9 nitrogen and oxygen atoms in total. The van der Waals surface area contributed by atoms with Gasteiger partial charge in [-0.05, 0) is 0 Å². The second-order valence-electron chi connectivity index (χ2n) is 4.34. The molecule has 0 aromatic heterocycles. The zero-order chi connectivity index (χ0) is 14.4. The maximum atomic E-state index is 11.5. The van der Waals surface area contributed by atoms with E-state index >= 15 is 0 Å². The van der Waals surface area contributed by atoms with Gasteiger partial charge in [-0.2, -0.15) is 0 Å². The fourth-order valence-corrected chi connectivity index (χ4v) is 2.05. The average molecular weight is 275 g/mol. The topological polar surface area (TPSA) is 157 Å². The molecule has 0 aromatic carbocycles. The molecule has 106 valence electrons. The summed E-state index contributed by atoms with van der Waals surface area (Å²) in [4.78, 5) is 22.5.